The maximum Gasteiger partial charge on any atom is 0.123 e. The highest BCUT2D eigenvalue weighted by Gasteiger charge is 2.22. The molecule has 2 aromatic carbocycles. The lowest BCUT2D eigenvalue weighted by Gasteiger charge is -2.22. The normalized spacial score (nSPS) is 14.1. The van der Waals surface area contributed by atoms with Crippen LogP contribution in [0, 0.1) is 5.82 Å². The first kappa shape index (κ1) is 15.6. The summed E-state index contributed by atoms with van der Waals surface area (Å²) in [6.45, 7) is 0.275. The number of halogens is 3. The van der Waals surface area contributed by atoms with Crippen LogP contribution in [-0.2, 0) is 0 Å². The molecule has 2 aromatic rings. The topological polar surface area (TPSA) is 46.2 Å². The number of rotatable bonds is 4. The molecule has 0 radical (unpaired) electrons. The highest BCUT2D eigenvalue weighted by Crippen LogP contribution is 2.33. The third kappa shape index (κ3) is 3.67. The molecular formula is C15H14Br2FNO. The Hall–Kier alpha value is -0.750. The second-order valence-electron chi connectivity index (χ2n) is 4.54. The first-order valence-electron chi connectivity index (χ1n) is 6.11. The number of aliphatic hydroxyl groups excluding tert-OH is 1. The molecule has 0 aliphatic heterocycles. The summed E-state index contributed by atoms with van der Waals surface area (Å²) < 4.78 is 14.7. The van der Waals surface area contributed by atoms with Gasteiger partial charge in [0.2, 0.25) is 0 Å². The van der Waals surface area contributed by atoms with Gasteiger partial charge in [-0.25, -0.2) is 4.39 Å². The Bertz CT molecular complexity index is 569. The van der Waals surface area contributed by atoms with Crippen molar-refractivity contribution in [3.05, 3.63) is 68.4 Å². The van der Waals surface area contributed by atoms with Gasteiger partial charge in [-0.3, -0.25) is 0 Å². The van der Waals surface area contributed by atoms with Gasteiger partial charge in [-0.05, 0) is 41.5 Å². The van der Waals surface area contributed by atoms with Crippen LogP contribution in [0.3, 0.4) is 0 Å². The van der Waals surface area contributed by atoms with Crippen molar-refractivity contribution < 1.29 is 9.50 Å². The van der Waals surface area contributed by atoms with Crippen LogP contribution < -0.4 is 5.73 Å². The Kier molecular flexibility index (Phi) is 5.32. The molecule has 0 bridgehead atoms. The van der Waals surface area contributed by atoms with Crippen LogP contribution in [-0.4, -0.2) is 11.7 Å². The third-order valence-electron chi connectivity index (χ3n) is 3.16. The van der Waals surface area contributed by atoms with Gasteiger partial charge in [-0.15, -0.1) is 0 Å². The van der Waals surface area contributed by atoms with Crippen LogP contribution >= 0.6 is 31.9 Å². The van der Waals surface area contributed by atoms with Crippen LogP contribution in [0.15, 0.2) is 51.4 Å². The number of aliphatic hydroxyl groups is 1. The van der Waals surface area contributed by atoms with Crippen molar-refractivity contribution in [3.63, 3.8) is 0 Å². The summed E-state index contributed by atoms with van der Waals surface area (Å²) in [5.41, 5.74) is 7.35. The van der Waals surface area contributed by atoms with E-state index in [-0.39, 0.29) is 18.3 Å². The van der Waals surface area contributed by atoms with Crippen molar-refractivity contribution in [2.75, 3.05) is 6.54 Å². The average molecular weight is 403 g/mol. The molecule has 0 amide bonds. The number of hydrogen-bond donors (Lipinski definition) is 2. The Balaban J connectivity index is 2.33. The van der Waals surface area contributed by atoms with Gasteiger partial charge in [-0.1, -0.05) is 44.0 Å². The minimum atomic E-state index is -0.751. The van der Waals surface area contributed by atoms with Crippen molar-refractivity contribution in [2.24, 2.45) is 5.73 Å². The van der Waals surface area contributed by atoms with Crippen molar-refractivity contribution in [2.45, 2.75) is 12.0 Å². The van der Waals surface area contributed by atoms with E-state index < -0.39 is 6.10 Å². The fourth-order valence-corrected chi connectivity index (χ4v) is 3.46. The number of nitrogens with two attached hydrogens (primary N) is 1. The van der Waals surface area contributed by atoms with E-state index in [1.54, 1.807) is 12.1 Å². The van der Waals surface area contributed by atoms with E-state index in [1.807, 2.05) is 18.2 Å². The molecule has 3 N–H and O–H groups in total. The van der Waals surface area contributed by atoms with Crippen molar-refractivity contribution in [1.29, 1.82) is 0 Å². The summed E-state index contributed by atoms with van der Waals surface area (Å²) in [4.78, 5) is 0. The van der Waals surface area contributed by atoms with E-state index in [0.29, 0.717) is 0 Å². The Morgan fingerprint density at radius 1 is 1.00 bits per heavy atom. The molecule has 0 aromatic heterocycles. The van der Waals surface area contributed by atoms with E-state index in [1.165, 1.54) is 12.1 Å². The van der Waals surface area contributed by atoms with Crippen molar-refractivity contribution in [1.82, 2.24) is 0 Å². The second-order valence-corrected chi connectivity index (χ2v) is 6.37. The van der Waals surface area contributed by atoms with Crippen LogP contribution in [0.2, 0.25) is 0 Å². The fourth-order valence-electron chi connectivity index (χ4n) is 2.14. The predicted molar refractivity (Wildman–Crippen MR) is 85.0 cm³/mol. The predicted octanol–water partition coefficient (Wildman–Crippen LogP) is 4.13. The molecule has 0 spiro atoms. The van der Waals surface area contributed by atoms with Gasteiger partial charge in [-0.2, -0.15) is 0 Å². The lowest BCUT2D eigenvalue weighted by molar-refractivity contribution is 0.147. The van der Waals surface area contributed by atoms with Gasteiger partial charge in [0.1, 0.15) is 5.82 Å². The van der Waals surface area contributed by atoms with Crippen LogP contribution in [0.4, 0.5) is 4.39 Å². The van der Waals surface area contributed by atoms with E-state index in [9.17, 15) is 9.50 Å². The zero-order chi connectivity index (χ0) is 14.7. The summed E-state index contributed by atoms with van der Waals surface area (Å²) >= 11 is 6.79. The highest BCUT2D eigenvalue weighted by atomic mass is 79.9. The van der Waals surface area contributed by atoms with E-state index in [0.717, 1.165) is 20.1 Å². The smallest absolute Gasteiger partial charge is 0.123 e. The molecule has 0 aliphatic carbocycles. The van der Waals surface area contributed by atoms with E-state index in [4.69, 9.17) is 5.73 Å². The molecule has 2 atom stereocenters. The zero-order valence-corrected chi connectivity index (χ0v) is 13.7. The first-order valence-corrected chi connectivity index (χ1v) is 7.69. The summed E-state index contributed by atoms with van der Waals surface area (Å²) in [6, 6.07) is 11.7. The van der Waals surface area contributed by atoms with Crippen LogP contribution in [0.5, 0.6) is 0 Å². The van der Waals surface area contributed by atoms with E-state index >= 15 is 0 Å². The molecule has 2 unspecified atom stereocenters. The van der Waals surface area contributed by atoms with Gasteiger partial charge in [0.05, 0.1) is 6.10 Å². The van der Waals surface area contributed by atoms with Gasteiger partial charge in [0.25, 0.3) is 0 Å². The maximum atomic E-state index is 13.0. The van der Waals surface area contributed by atoms with Crippen LogP contribution in [0.25, 0.3) is 0 Å². The van der Waals surface area contributed by atoms with Gasteiger partial charge in [0, 0.05) is 21.4 Å². The summed E-state index contributed by atoms with van der Waals surface area (Å²) in [7, 11) is 0. The minimum Gasteiger partial charge on any atom is -0.388 e. The molecule has 0 saturated heterocycles. The van der Waals surface area contributed by atoms with Gasteiger partial charge in [0.15, 0.2) is 0 Å². The summed E-state index contributed by atoms with van der Waals surface area (Å²) in [5, 5.41) is 10.5. The lowest BCUT2D eigenvalue weighted by Crippen LogP contribution is -2.20. The lowest BCUT2D eigenvalue weighted by atomic mass is 9.89. The molecule has 0 heterocycles. The molecule has 5 heteroatoms. The zero-order valence-electron chi connectivity index (χ0n) is 10.6. The number of hydrogen-bond acceptors (Lipinski definition) is 2. The Labute approximate surface area is 134 Å². The van der Waals surface area contributed by atoms with Gasteiger partial charge >= 0.3 is 0 Å². The summed E-state index contributed by atoms with van der Waals surface area (Å²) in [5.74, 6) is -0.582. The number of benzene rings is 2. The van der Waals surface area contributed by atoms with Crippen molar-refractivity contribution >= 4 is 31.9 Å². The van der Waals surface area contributed by atoms with E-state index in [2.05, 4.69) is 31.9 Å². The Morgan fingerprint density at radius 3 is 2.05 bits per heavy atom. The molecule has 20 heavy (non-hydrogen) atoms. The monoisotopic (exact) mass is 401 g/mol. The molecule has 0 aliphatic rings. The standard InChI is InChI=1S/C15H14Br2FNO/c16-11-5-10(6-12(17)7-11)15(20)14(8-19)9-1-3-13(18)4-2-9/h1-7,14-15,20H,8,19H2. The first-order chi connectivity index (χ1) is 9.51. The molecule has 2 rings (SSSR count). The minimum absolute atomic E-state index is 0.275. The molecular weight excluding hydrogens is 389 g/mol. The second kappa shape index (κ2) is 6.80. The SMILES string of the molecule is NCC(c1ccc(F)cc1)C(O)c1cc(Br)cc(Br)c1. The molecule has 106 valence electrons. The van der Waals surface area contributed by atoms with Crippen molar-refractivity contribution in [3.8, 4) is 0 Å². The Morgan fingerprint density at radius 2 is 1.55 bits per heavy atom. The van der Waals surface area contributed by atoms with Gasteiger partial charge < -0.3 is 10.8 Å². The highest BCUT2D eigenvalue weighted by molar-refractivity contribution is 9.11. The average Bonchev–Trinajstić information content (AvgIpc) is 2.40. The van der Waals surface area contributed by atoms with Crippen LogP contribution in [0.1, 0.15) is 23.1 Å². The maximum absolute atomic E-state index is 13.0. The molecule has 0 fully saturated rings. The quantitative estimate of drug-likeness (QED) is 0.807. The fraction of sp³-hybridized carbons (Fsp3) is 0.200. The largest absolute Gasteiger partial charge is 0.388 e. The molecule has 2 nitrogen and oxygen atoms in total. The third-order valence-corrected chi connectivity index (χ3v) is 4.08. The molecule has 0 saturated carbocycles. The summed E-state index contributed by atoms with van der Waals surface area (Å²) in [6.07, 6.45) is -0.751.